The van der Waals surface area contributed by atoms with E-state index >= 15 is 0 Å². The van der Waals surface area contributed by atoms with E-state index in [9.17, 15) is 26.3 Å². The summed E-state index contributed by atoms with van der Waals surface area (Å²) >= 11 is 0.0995. The summed E-state index contributed by atoms with van der Waals surface area (Å²) in [7, 11) is 0. The van der Waals surface area contributed by atoms with Crippen molar-refractivity contribution in [2.45, 2.75) is 16.3 Å². The molecule has 0 heterocycles. The van der Waals surface area contributed by atoms with Crippen LogP contribution < -0.4 is 0 Å². The lowest BCUT2D eigenvalue weighted by Crippen LogP contribution is -2.36. The van der Waals surface area contributed by atoms with Gasteiger partial charge in [-0.2, -0.15) is 22.0 Å². The van der Waals surface area contributed by atoms with Gasteiger partial charge in [-0.1, -0.05) is 0 Å². The minimum Gasteiger partial charge on any atom is -0.230 e. The summed E-state index contributed by atoms with van der Waals surface area (Å²) < 4.78 is 63.4. The lowest BCUT2D eigenvalue weighted by atomic mass is 10.4. The summed E-state index contributed by atoms with van der Waals surface area (Å²) in [5.41, 5.74) is 0. The minimum atomic E-state index is -5.48. The van der Waals surface area contributed by atoms with E-state index in [2.05, 4.69) is 0 Å². The van der Waals surface area contributed by atoms with E-state index in [1.807, 2.05) is 0 Å². The van der Waals surface area contributed by atoms with E-state index in [1.165, 1.54) is 0 Å². The fourth-order valence-corrected chi connectivity index (χ4v) is 0.539. The highest BCUT2D eigenvalue weighted by Crippen LogP contribution is 2.38. The van der Waals surface area contributed by atoms with Crippen LogP contribution in [0.25, 0.3) is 0 Å². The maximum atomic E-state index is 11.5. The van der Waals surface area contributed by atoms with Crippen LogP contribution in [-0.2, 0) is 0 Å². The lowest BCUT2D eigenvalue weighted by molar-refractivity contribution is -0.215. The highest BCUT2D eigenvalue weighted by molar-refractivity contribution is 14.1. The molecule has 0 spiro atoms. The van der Waals surface area contributed by atoms with E-state index in [4.69, 9.17) is 0 Å². The fraction of sp³-hybridized carbons (Fsp3) is 1.00. The number of hydrogen-bond acceptors (Lipinski definition) is 0. The van der Waals surface area contributed by atoms with Crippen molar-refractivity contribution >= 4 is 22.6 Å². The van der Waals surface area contributed by atoms with Crippen LogP contribution in [0.5, 0.6) is 0 Å². The van der Waals surface area contributed by atoms with E-state index in [0.717, 1.165) is 0 Å². The molecule has 0 aromatic heterocycles. The molecule has 0 N–H and O–H groups in total. The first kappa shape index (κ1) is 10.3. The van der Waals surface area contributed by atoms with Gasteiger partial charge in [0, 0.05) is 22.6 Å². The second-order valence-corrected chi connectivity index (χ2v) is 2.88. The SMILES string of the molecule is F[C@@H](C(F)(F)F)C(F)(F)I. The molecule has 0 aromatic rings. The topological polar surface area (TPSA) is 0 Å². The van der Waals surface area contributed by atoms with Crippen LogP contribution in [0.1, 0.15) is 0 Å². The van der Waals surface area contributed by atoms with Gasteiger partial charge >= 0.3 is 10.1 Å². The Morgan fingerprint density at radius 2 is 1.30 bits per heavy atom. The molecule has 0 aliphatic rings. The third-order valence-corrected chi connectivity index (χ3v) is 1.12. The molecule has 1 atom stereocenters. The molecule has 10 heavy (non-hydrogen) atoms. The molecule has 0 aliphatic heterocycles. The molecule has 0 aromatic carbocycles. The number of alkyl halides is 7. The molecule has 0 radical (unpaired) electrons. The van der Waals surface area contributed by atoms with Crippen molar-refractivity contribution in [3.63, 3.8) is 0 Å². The third kappa shape index (κ3) is 2.93. The Morgan fingerprint density at radius 1 is 1.00 bits per heavy atom. The van der Waals surface area contributed by atoms with Gasteiger partial charge in [0.05, 0.1) is 0 Å². The van der Waals surface area contributed by atoms with Crippen molar-refractivity contribution in [3.05, 3.63) is 0 Å². The molecule has 0 nitrogen and oxygen atoms in total. The second-order valence-electron chi connectivity index (χ2n) is 1.45. The van der Waals surface area contributed by atoms with Crippen LogP contribution in [0.15, 0.2) is 0 Å². The van der Waals surface area contributed by atoms with Gasteiger partial charge in [-0.3, -0.25) is 0 Å². The summed E-state index contributed by atoms with van der Waals surface area (Å²) in [4.78, 5) is 0. The molecule has 0 saturated heterocycles. The normalized spacial score (nSPS) is 17.1. The van der Waals surface area contributed by atoms with Gasteiger partial charge in [0.2, 0.25) is 0 Å². The van der Waals surface area contributed by atoms with Crippen molar-refractivity contribution < 1.29 is 26.3 Å². The summed E-state index contributed by atoms with van der Waals surface area (Å²) in [5.74, 6) is 0. The van der Waals surface area contributed by atoms with Crippen molar-refractivity contribution in [1.29, 1.82) is 0 Å². The van der Waals surface area contributed by atoms with E-state index in [-0.39, 0.29) is 22.6 Å². The number of halogens is 7. The van der Waals surface area contributed by atoms with E-state index in [0.29, 0.717) is 0 Å². The Hall–Kier alpha value is 0.310. The van der Waals surface area contributed by atoms with Gasteiger partial charge in [-0.05, 0) is 0 Å². The van der Waals surface area contributed by atoms with Crippen molar-refractivity contribution in [1.82, 2.24) is 0 Å². The molecule has 0 saturated carbocycles. The van der Waals surface area contributed by atoms with Crippen LogP contribution in [0.3, 0.4) is 0 Å². The van der Waals surface area contributed by atoms with Crippen LogP contribution in [0, 0.1) is 0 Å². The quantitative estimate of drug-likeness (QED) is 0.393. The molecule has 0 fully saturated rings. The summed E-state index contributed by atoms with van der Waals surface area (Å²) in [6.45, 7) is 0. The largest absolute Gasteiger partial charge is 0.426 e. The zero-order valence-corrected chi connectivity index (χ0v) is 6.38. The Labute approximate surface area is 65.7 Å². The molecule has 7 heteroatoms. The standard InChI is InChI=1S/C3HF6I/c4-1(2(5,6)7)3(8,9)10/h1H/t1-/m0/s1. The predicted octanol–water partition coefficient (Wildman–Crippen LogP) is 2.91. The molecule has 0 amide bonds. The van der Waals surface area contributed by atoms with Crippen LogP contribution in [-0.4, -0.2) is 16.3 Å². The Bertz CT molecular complexity index is 97.1. The summed E-state index contributed by atoms with van der Waals surface area (Å²) in [5, 5.41) is 0. The van der Waals surface area contributed by atoms with Crippen molar-refractivity contribution in [2.75, 3.05) is 0 Å². The van der Waals surface area contributed by atoms with Gasteiger partial charge in [0.25, 0.3) is 6.17 Å². The zero-order valence-electron chi connectivity index (χ0n) is 4.22. The fourth-order valence-electron chi connectivity index (χ4n) is 0.186. The van der Waals surface area contributed by atoms with Crippen molar-refractivity contribution in [2.24, 2.45) is 0 Å². The van der Waals surface area contributed by atoms with Crippen molar-refractivity contribution in [3.8, 4) is 0 Å². The lowest BCUT2D eigenvalue weighted by Gasteiger charge is -2.16. The predicted molar refractivity (Wildman–Crippen MR) is 29.9 cm³/mol. The molecular formula is C3HF6I. The minimum absolute atomic E-state index is 0.0995. The molecule has 0 unspecified atom stereocenters. The smallest absolute Gasteiger partial charge is 0.230 e. The molecule has 0 aliphatic carbocycles. The average Bonchev–Trinajstić information content (AvgIpc) is 1.59. The van der Waals surface area contributed by atoms with Gasteiger partial charge in [-0.15, -0.1) is 0 Å². The first-order chi connectivity index (χ1) is 4.15. The van der Waals surface area contributed by atoms with E-state index in [1.54, 1.807) is 0 Å². The molecule has 0 rings (SSSR count). The first-order valence-electron chi connectivity index (χ1n) is 1.93. The molecule has 0 bridgehead atoms. The Balaban J connectivity index is 4.23. The molecular weight excluding hydrogens is 277 g/mol. The number of rotatable bonds is 1. The zero-order chi connectivity index (χ0) is 8.58. The second kappa shape index (κ2) is 2.74. The summed E-state index contributed by atoms with van der Waals surface area (Å²) in [6, 6.07) is 0. The van der Waals surface area contributed by atoms with Gasteiger partial charge in [0.15, 0.2) is 0 Å². The molecule has 62 valence electrons. The van der Waals surface area contributed by atoms with Gasteiger partial charge in [-0.25, -0.2) is 4.39 Å². The van der Waals surface area contributed by atoms with Crippen LogP contribution in [0.4, 0.5) is 26.3 Å². The van der Waals surface area contributed by atoms with Crippen LogP contribution in [0.2, 0.25) is 0 Å². The number of hydrogen-bond donors (Lipinski definition) is 0. The van der Waals surface area contributed by atoms with Crippen LogP contribution >= 0.6 is 22.6 Å². The maximum Gasteiger partial charge on any atom is 0.426 e. The highest BCUT2D eigenvalue weighted by Gasteiger charge is 2.55. The first-order valence-corrected chi connectivity index (χ1v) is 3.01. The monoisotopic (exact) mass is 278 g/mol. The highest BCUT2D eigenvalue weighted by atomic mass is 127. The average molecular weight is 278 g/mol. The Morgan fingerprint density at radius 3 is 1.30 bits per heavy atom. The van der Waals surface area contributed by atoms with Gasteiger partial charge in [0.1, 0.15) is 0 Å². The Kier molecular flexibility index (Phi) is 2.83. The maximum absolute atomic E-state index is 11.5. The van der Waals surface area contributed by atoms with E-state index < -0.39 is 16.3 Å². The summed E-state index contributed by atoms with van der Waals surface area (Å²) in [6.07, 6.45) is -9.56. The van der Waals surface area contributed by atoms with Gasteiger partial charge < -0.3 is 0 Å². The third-order valence-electron chi connectivity index (χ3n) is 0.575.